The zero-order chi connectivity index (χ0) is 20.7. The van der Waals surface area contributed by atoms with Gasteiger partial charge in [0.25, 0.3) is 5.69 Å². The molecule has 10 nitrogen and oxygen atoms in total. The van der Waals surface area contributed by atoms with E-state index in [4.69, 9.17) is 10.5 Å². The second kappa shape index (κ2) is 7.65. The van der Waals surface area contributed by atoms with Crippen LogP contribution in [-0.4, -0.2) is 74.7 Å². The van der Waals surface area contributed by atoms with Crippen LogP contribution in [0.5, 0.6) is 0 Å². The highest BCUT2D eigenvalue weighted by atomic mass is 32.2. The van der Waals surface area contributed by atoms with Crippen LogP contribution in [0.25, 0.3) is 0 Å². The van der Waals surface area contributed by atoms with Gasteiger partial charge in [0.15, 0.2) is 5.70 Å². The first-order chi connectivity index (χ1) is 13.9. The van der Waals surface area contributed by atoms with Crippen LogP contribution in [0.2, 0.25) is 0 Å². The second-order valence-corrected chi connectivity index (χ2v) is 8.34. The highest BCUT2D eigenvalue weighted by Crippen LogP contribution is 2.45. The lowest BCUT2D eigenvalue weighted by molar-refractivity contribution is -0.384. The summed E-state index contributed by atoms with van der Waals surface area (Å²) in [7, 11) is 0. The molecule has 3 aliphatic heterocycles. The molecule has 3 N–H and O–H groups in total. The summed E-state index contributed by atoms with van der Waals surface area (Å²) in [6.45, 7) is 2.01. The van der Waals surface area contributed by atoms with E-state index in [0.717, 1.165) is 5.56 Å². The van der Waals surface area contributed by atoms with E-state index in [1.165, 1.54) is 28.8 Å². The summed E-state index contributed by atoms with van der Waals surface area (Å²) < 4.78 is 5.39. The summed E-state index contributed by atoms with van der Waals surface area (Å²) in [4.78, 5) is 38.1. The van der Waals surface area contributed by atoms with Gasteiger partial charge in [-0.25, -0.2) is 4.79 Å². The molecule has 0 spiro atoms. The monoisotopic (exact) mass is 420 g/mol. The lowest BCUT2D eigenvalue weighted by Gasteiger charge is -2.52. The lowest BCUT2D eigenvalue weighted by atomic mass is 10.0. The Hall–Kier alpha value is -2.63. The van der Waals surface area contributed by atoms with Gasteiger partial charge in [-0.05, 0) is 12.0 Å². The maximum atomic E-state index is 12.3. The third kappa shape index (κ3) is 3.45. The number of hydrogen-bond donors (Lipinski definition) is 2. The minimum Gasteiger partial charge on any atom is -0.477 e. The molecule has 4 rings (SSSR count). The van der Waals surface area contributed by atoms with E-state index in [0.29, 0.717) is 38.4 Å². The molecule has 0 aliphatic carbocycles. The summed E-state index contributed by atoms with van der Waals surface area (Å²) in [6.07, 6.45) is 0.470. The van der Waals surface area contributed by atoms with E-state index in [1.54, 1.807) is 12.1 Å². The van der Waals surface area contributed by atoms with Crippen LogP contribution >= 0.6 is 11.8 Å². The van der Waals surface area contributed by atoms with Crippen LogP contribution in [-0.2, 0) is 20.7 Å². The Morgan fingerprint density at radius 2 is 1.97 bits per heavy atom. The van der Waals surface area contributed by atoms with E-state index in [1.807, 2.05) is 4.90 Å². The SMILES string of the molecule is NC1C(=O)N2C(C(=O)O)=C(N3CCOCC3)C(Cc3ccc([N+](=O)[O-])cc3)S[C@H]12. The molecule has 29 heavy (non-hydrogen) atoms. The molecule has 2 unspecified atom stereocenters. The standard InChI is InChI=1S/C18H20N4O6S/c19-13-16(23)21-15(18(24)25)14(20-5-7-28-8-6-20)12(29-17(13)21)9-10-1-3-11(4-2-10)22(26)27/h1-4,12-13,17H,5-9,19H2,(H,24,25)/t12?,13?,17-/m1/s1. The Bertz CT molecular complexity index is 883. The topological polar surface area (TPSA) is 139 Å². The number of thioether (sulfide) groups is 1. The van der Waals surface area contributed by atoms with Gasteiger partial charge in [-0.2, -0.15) is 0 Å². The van der Waals surface area contributed by atoms with Crippen LogP contribution in [0.4, 0.5) is 5.69 Å². The van der Waals surface area contributed by atoms with Gasteiger partial charge in [-0.1, -0.05) is 12.1 Å². The first-order valence-corrected chi connectivity index (χ1v) is 10.1. The number of nitrogens with zero attached hydrogens (tertiary/aromatic N) is 3. The third-order valence-electron chi connectivity index (χ3n) is 5.30. The molecule has 3 atom stereocenters. The van der Waals surface area contributed by atoms with Crippen molar-refractivity contribution in [1.82, 2.24) is 9.80 Å². The number of ether oxygens (including phenoxy) is 1. The van der Waals surface area contributed by atoms with Gasteiger partial charge < -0.3 is 20.5 Å². The number of nitrogens with two attached hydrogens (primary N) is 1. The number of aliphatic carboxylic acids is 1. The average Bonchev–Trinajstić information content (AvgIpc) is 2.73. The number of fused-ring (bicyclic) bond motifs is 1. The number of nitro groups is 1. The molecule has 11 heteroatoms. The van der Waals surface area contributed by atoms with Crippen molar-refractivity contribution in [2.24, 2.45) is 5.73 Å². The van der Waals surface area contributed by atoms with Crippen molar-refractivity contribution in [2.75, 3.05) is 26.3 Å². The van der Waals surface area contributed by atoms with Crippen LogP contribution in [0.15, 0.2) is 35.7 Å². The fraction of sp³-hybridized carbons (Fsp3) is 0.444. The van der Waals surface area contributed by atoms with Crippen molar-refractivity contribution in [3.63, 3.8) is 0 Å². The molecule has 0 bridgehead atoms. The Morgan fingerprint density at radius 3 is 2.55 bits per heavy atom. The number of carbonyl (C=O) groups excluding carboxylic acids is 1. The van der Waals surface area contributed by atoms with Crippen molar-refractivity contribution in [3.8, 4) is 0 Å². The molecule has 154 valence electrons. The zero-order valence-electron chi connectivity index (χ0n) is 15.4. The summed E-state index contributed by atoms with van der Waals surface area (Å²) in [5.74, 6) is -1.55. The van der Waals surface area contributed by atoms with Crippen LogP contribution in [0.3, 0.4) is 0 Å². The van der Waals surface area contributed by atoms with Crippen molar-refractivity contribution in [1.29, 1.82) is 0 Å². The molecule has 0 radical (unpaired) electrons. The van der Waals surface area contributed by atoms with Crippen LogP contribution in [0, 0.1) is 10.1 Å². The summed E-state index contributed by atoms with van der Waals surface area (Å²) in [6, 6.07) is 5.48. The van der Waals surface area contributed by atoms with E-state index >= 15 is 0 Å². The molecule has 2 saturated heterocycles. The molecular formula is C18H20N4O6S. The maximum absolute atomic E-state index is 12.3. The Kier molecular flexibility index (Phi) is 5.19. The third-order valence-corrected chi connectivity index (χ3v) is 6.80. The number of hydrogen-bond acceptors (Lipinski definition) is 8. The molecule has 0 saturated carbocycles. The summed E-state index contributed by atoms with van der Waals surface area (Å²) in [5.41, 5.74) is 7.34. The zero-order valence-corrected chi connectivity index (χ0v) is 16.2. The number of nitro benzene ring substituents is 1. The molecule has 1 amide bonds. The quantitative estimate of drug-likeness (QED) is 0.393. The van der Waals surface area contributed by atoms with Gasteiger partial charge in [-0.15, -0.1) is 11.8 Å². The molecular weight excluding hydrogens is 400 g/mol. The Morgan fingerprint density at radius 1 is 1.31 bits per heavy atom. The van der Waals surface area contributed by atoms with E-state index in [-0.39, 0.29) is 22.5 Å². The molecule has 2 fully saturated rings. The minimum atomic E-state index is -1.16. The van der Waals surface area contributed by atoms with Crippen molar-refractivity contribution < 1.29 is 24.4 Å². The summed E-state index contributed by atoms with van der Waals surface area (Å²) >= 11 is 1.46. The Balaban J connectivity index is 1.71. The molecule has 3 aliphatic rings. The maximum Gasteiger partial charge on any atom is 0.354 e. The number of non-ortho nitro benzene ring substituents is 1. The van der Waals surface area contributed by atoms with Gasteiger partial charge in [0.1, 0.15) is 11.4 Å². The number of rotatable bonds is 5. The number of carboxylic acids is 1. The highest BCUT2D eigenvalue weighted by molar-refractivity contribution is 8.00. The first kappa shape index (κ1) is 19.7. The van der Waals surface area contributed by atoms with Gasteiger partial charge >= 0.3 is 5.97 Å². The van der Waals surface area contributed by atoms with Crippen molar-refractivity contribution >= 4 is 29.3 Å². The van der Waals surface area contributed by atoms with E-state index in [2.05, 4.69) is 0 Å². The number of β-lactam (4-membered cyclic amide) rings is 1. The van der Waals surface area contributed by atoms with Crippen molar-refractivity contribution in [2.45, 2.75) is 23.1 Å². The Labute approximate surface area is 170 Å². The van der Waals surface area contributed by atoms with Gasteiger partial charge in [0.05, 0.1) is 29.1 Å². The second-order valence-electron chi connectivity index (χ2n) is 7.02. The van der Waals surface area contributed by atoms with Gasteiger partial charge in [-0.3, -0.25) is 19.8 Å². The summed E-state index contributed by atoms with van der Waals surface area (Å²) in [5, 5.41) is 20.1. The van der Waals surface area contributed by atoms with Crippen LogP contribution < -0.4 is 5.73 Å². The fourth-order valence-electron chi connectivity index (χ4n) is 3.86. The normalized spacial score (nSPS) is 26.8. The van der Waals surface area contributed by atoms with E-state index < -0.39 is 22.3 Å². The van der Waals surface area contributed by atoms with Crippen LogP contribution in [0.1, 0.15) is 5.56 Å². The average molecular weight is 420 g/mol. The number of carboxylic acid groups (broad SMARTS) is 1. The van der Waals surface area contributed by atoms with Crippen molar-refractivity contribution in [3.05, 3.63) is 51.3 Å². The molecule has 1 aromatic carbocycles. The predicted molar refractivity (Wildman–Crippen MR) is 104 cm³/mol. The minimum absolute atomic E-state index is 0.00185. The molecule has 3 heterocycles. The number of benzene rings is 1. The number of morpholine rings is 1. The highest BCUT2D eigenvalue weighted by Gasteiger charge is 2.55. The first-order valence-electron chi connectivity index (χ1n) is 9.16. The van der Waals surface area contributed by atoms with Gasteiger partial charge in [0, 0.05) is 25.2 Å². The van der Waals surface area contributed by atoms with Gasteiger partial charge in [0.2, 0.25) is 5.91 Å². The largest absolute Gasteiger partial charge is 0.477 e. The molecule has 0 aromatic heterocycles. The number of amides is 1. The smallest absolute Gasteiger partial charge is 0.354 e. The van der Waals surface area contributed by atoms with E-state index in [9.17, 15) is 24.8 Å². The lowest BCUT2D eigenvalue weighted by Crippen LogP contribution is -2.70. The fourth-order valence-corrected chi connectivity index (χ4v) is 5.49. The molecule has 1 aromatic rings. The number of carbonyl (C=O) groups is 2. The predicted octanol–water partition coefficient (Wildman–Crippen LogP) is 0.377.